The van der Waals surface area contributed by atoms with Gasteiger partial charge in [-0.3, -0.25) is 14.9 Å². The van der Waals surface area contributed by atoms with Crippen LogP contribution in [0.4, 0.5) is 5.69 Å². The molecule has 0 spiro atoms. The highest BCUT2D eigenvalue weighted by Crippen LogP contribution is 2.22. The molecule has 142 valence electrons. The highest BCUT2D eigenvalue weighted by molar-refractivity contribution is 5.93. The molecule has 1 unspecified atom stereocenters. The minimum absolute atomic E-state index is 0.285. The van der Waals surface area contributed by atoms with Crippen LogP contribution in [-0.4, -0.2) is 28.6 Å². The summed E-state index contributed by atoms with van der Waals surface area (Å²) in [6.07, 6.45) is 4.85. The molecular weight excluding hydrogens is 340 g/mol. The first-order valence-corrected chi connectivity index (χ1v) is 9.19. The van der Waals surface area contributed by atoms with E-state index in [1.54, 1.807) is 11.5 Å². The van der Waals surface area contributed by atoms with Crippen molar-refractivity contribution >= 4 is 11.6 Å². The normalized spacial score (nSPS) is 15.4. The summed E-state index contributed by atoms with van der Waals surface area (Å²) in [6, 6.07) is 14.4. The Labute approximate surface area is 159 Å². The van der Waals surface area contributed by atoms with Crippen molar-refractivity contribution in [3.05, 3.63) is 77.0 Å². The zero-order valence-electron chi connectivity index (χ0n) is 15.6. The van der Waals surface area contributed by atoms with Gasteiger partial charge in [0.2, 0.25) is 0 Å². The Hall–Kier alpha value is -2.67. The van der Waals surface area contributed by atoms with Gasteiger partial charge in [-0.2, -0.15) is 0 Å². The van der Waals surface area contributed by atoms with E-state index in [0.717, 1.165) is 31.7 Å². The van der Waals surface area contributed by atoms with Gasteiger partial charge < -0.3 is 11.1 Å². The van der Waals surface area contributed by atoms with Crippen molar-refractivity contribution in [2.75, 3.05) is 11.9 Å². The van der Waals surface area contributed by atoms with Crippen LogP contribution < -0.4 is 16.5 Å². The first-order chi connectivity index (χ1) is 13.0. The number of nitrogens with one attached hydrogen (secondary N) is 2. The lowest BCUT2D eigenvalue weighted by Crippen LogP contribution is -2.57. The van der Waals surface area contributed by atoms with Crippen molar-refractivity contribution in [1.82, 2.24) is 10.4 Å². The van der Waals surface area contributed by atoms with Crippen LogP contribution in [0.3, 0.4) is 0 Å². The number of amides is 1. The molecule has 0 saturated heterocycles. The Kier molecular flexibility index (Phi) is 6.24. The predicted molar refractivity (Wildman–Crippen MR) is 105 cm³/mol. The minimum Gasteiger partial charge on any atom is -0.362 e. The molecule has 2 aromatic rings. The van der Waals surface area contributed by atoms with Crippen molar-refractivity contribution in [3.8, 4) is 0 Å². The van der Waals surface area contributed by atoms with E-state index in [4.69, 9.17) is 5.21 Å². The molecule has 0 fully saturated rings. The highest BCUT2D eigenvalue weighted by atomic mass is 16.5. The maximum atomic E-state index is 11.5. The molecule has 2 aromatic carbocycles. The summed E-state index contributed by atoms with van der Waals surface area (Å²) in [5.74, 6) is -0.464. The SMILES string of the molecule is CC([NH3+])C=CNc1ccc(CN2CCc3cc(C(=O)NO)ccc3C2)cc1. The number of rotatable bonds is 6. The Morgan fingerprint density at radius 1 is 1.26 bits per heavy atom. The van der Waals surface area contributed by atoms with Crippen molar-refractivity contribution in [2.24, 2.45) is 0 Å². The molecule has 1 aliphatic rings. The largest absolute Gasteiger partial charge is 0.362 e. The number of hydrogen-bond acceptors (Lipinski definition) is 4. The molecule has 0 aromatic heterocycles. The van der Waals surface area contributed by atoms with Gasteiger partial charge in [0.25, 0.3) is 5.91 Å². The monoisotopic (exact) mass is 367 g/mol. The van der Waals surface area contributed by atoms with Gasteiger partial charge in [-0.05, 0) is 60.4 Å². The molecule has 1 atom stereocenters. The van der Waals surface area contributed by atoms with Crippen LogP contribution in [0.1, 0.15) is 34.0 Å². The maximum absolute atomic E-state index is 11.5. The molecule has 6 N–H and O–H groups in total. The Morgan fingerprint density at radius 3 is 2.74 bits per heavy atom. The van der Waals surface area contributed by atoms with E-state index in [0.29, 0.717) is 5.56 Å². The van der Waals surface area contributed by atoms with Crippen LogP contribution in [-0.2, 0) is 19.5 Å². The van der Waals surface area contributed by atoms with Crippen molar-refractivity contribution in [2.45, 2.75) is 32.5 Å². The van der Waals surface area contributed by atoms with E-state index >= 15 is 0 Å². The number of fused-ring (bicyclic) bond motifs is 1. The summed E-state index contributed by atoms with van der Waals surface area (Å²) in [4.78, 5) is 14.0. The van der Waals surface area contributed by atoms with E-state index in [-0.39, 0.29) is 6.04 Å². The quantitative estimate of drug-likeness (QED) is 0.464. The van der Waals surface area contributed by atoms with Gasteiger partial charge in [0.15, 0.2) is 0 Å². The van der Waals surface area contributed by atoms with Gasteiger partial charge in [-0.1, -0.05) is 18.2 Å². The fourth-order valence-corrected chi connectivity index (χ4v) is 3.23. The molecule has 6 heteroatoms. The van der Waals surface area contributed by atoms with E-state index in [2.05, 4.69) is 40.2 Å². The second-order valence-corrected chi connectivity index (χ2v) is 7.06. The zero-order valence-corrected chi connectivity index (χ0v) is 15.6. The van der Waals surface area contributed by atoms with Crippen LogP contribution in [0.25, 0.3) is 0 Å². The van der Waals surface area contributed by atoms with Gasteiger partial charge >= 0.3 is 0 Å². The number of anilines is 1. The van der Waals surface area contributed by atoms with Crippen LogP contribution in [0.5, 0.6) is 0 Å². The Morgan fingerprint density at radius 2 is 2.04 bits per heavy atom. The Balaban J connectivity index is 1.59. The number of quaternary nitrogens is 1. The average molecular weight is 367 g/mol. The van der Waals surface area contributed by atoms with Crippen LogP contribution in [0.15, 0.2) is 54.7 Å². The lowest BCUT2D eigenvalue weighted by molar-refractivity contribution is -0.397. The number of hydroxylamine groups is 1. The molecule has 0 radical (unpaired) electrons. The molecule has 1 heterocycles. The lowest BCUT2D eigenvalue weighted by Gasteiger charge is -2.29. The van der Waals surface area contributed by atoms with Crippen molar-refractivity contribution < 1.29 is 15.7 Å². The van der Waals surface area contributed by atoms with Crippen molar-refractivity contribution in [3.63, 3.8) is 0 Å². The van der Waals surface area contributed by atoms with Gasteiger partial charge in [-0.25, -0.2) is 5.48 Å². The van der Waals surface area contributed by atoms with Gasteiger partial charge in [-0.15, -0.1) is 0 Å². The standard InChI is InChI=1S/C21H26N4O2/c1-15(22)8-10-23-20-6-2-16(3-7-20)13-25-11-9-17-12-18(21(26)24-27)4-5-19(17)14-25/h2-8,10,12,15,23,27H,9,11,13-14,22H2,1H3,(H,24,26)/p+1. The smallest absolute Gasteiger partial charge is 0.274 e. The van der Waals surface area contributed by atoms with E-state index in [9.17, 15) is 4.79 Å². The molecule has 27 heavy (non-hydrogen) atoms. The minimum atomic E-state index is -0.464. The fraction of sp³-hybridized carbons (Fsp3) is 0.286. The predicted octanol–water partition coefficient (Wildman–Crippen LogP) is 1.92. The summed E-state index contributed by atoms with van der Waals surface area (Å²) >= 11 is 0. The summed E-state index contributed by atoms with van der Waals surface area (Å²) in [5.41, 5.74) is 10.9. The molecule has 1 amide bonds. The van der Waals surface area contributed by atoms with Gasteiger partial charge in [0, 0.05) is 37.1 Å². The zero-order chi connectivity index (χ0) is 19.2. The second-order valence-electron chi connectivity index (χ2n) is 7.06. The summed E-state index contributed by atoms with van der Waals surface area (Å²) in [5, 5.41) is 12.0. The first-order valence-electron chi connectivity index (χ1n) is 9.19. The van der Waals surface area contributed by atoms with E-state index in [1.807, 2.05) is 31.3 Å². The lowest BCUT2D eigenvalue weighted by atomic mass is 9.96. The number of benzene rings is 2. The van der Waals surface area contributed by atoms with Crippen molar-refractivity contribution in [1.29, 1.82) is 0 Å². The third-order valence-corrected chi connectivity index (χ3v) is 4.70. The summed E-state index contributed by atoms with van der Waals surface area (Å²) in [7, 11) is 0. The highest BCUT2D eigenvalue weighted by Gasteiger charge is 2.18. The molecule has 0 aliphatic carbocycles. The topological polar surface area (TPSA) is 92.2 Å². The number of hydrogen-bond donors (Lipinski definition) is 4. The van der Waals surface area contributed by atoms with Gasteiger partial charge in [0.05, 0.1) is 0 Å². The molecule has 6 nitrogen and oxygen atoms in total. The third-order valence-electron chi connectivity index (χ3n) is 4.70. The van der Waals surface area contributed by atoms with Crippen LogP contribution in [0, 0.1) is 0 Å². The third kappa shape index (κ3) is 5.17. The molecule has 1 aliphatic heterocycles. The average Bonchev–Trinajstić information content (AvgIpc) is 2.68. The fourth-order valence-electron chi connectivity index (χ4n) is 3.23. The molecule has 3 rings (SSSR count). The molecular formula is C21H27N4O2+. The van der Waals surface area contributed by atoms with E-state index < -0.39 is 5.91 Å². The number of nitrogens with zero attached hydrogens (tertiary/aromatic N) is 1. The number of carbonyl (C=O) groups excluding carboxylic acids is 1. The van der Waals surface area contributed by atoms with Gasteiger partial charge in [0.1, 0.15) is 6.04 Å². The van der Waals surface area contributed by atoms with Crippen LogP contribution >= 0.6 is 0 Å². The first kappa shape index (κ1) is 19.1. The Bertz CT molecular complexity index is 815. The summed E-state index contributed by atoms with van der Waals surface area (Å²) < 4.78 is 0. The summed E-state index contributed by atoms with van der Waals surface area (Å²) in [6.45, 7) is 4.74. The molecule has 0 saturated carbocycles. The second kappa shape index (κ2) is 8.81. The number of carbonyl (C=O) groups is 1. The molecule has 0 bridgehead atoms. The van der Waals surface area contributed by atoms with E-state index in [1.165, 1.54) is 16.7 Å². The van der Waals surface area contributed by atoms with Crippen LogP contribution in [0.2, 0.25) is 0 Å². The maximum Gasteiger partial charge on any atom is 0.274 e.